The van der Waals surface area contributed by atoms with Crippen LogP contribution in [-0.4, -0.2) is 9.13 Å². The summed E-state index contributed by atoms with van der Waals surface area (Å²) in [6.45, 7) is 8.36. The minimum absolute atomic E-state index is 0.158. The fourth-order valence-electron chi connectivity index (χ4n) is 6.97. The van der Waals surface area contributed by atoms with Crippen LogP contribution < -0.4 is 7.74 Å². The van der Waals surface area contributed by atoms with Crippen molar-refractivity contribution >= 4 is 7.74 Å². The van der Waals surface area contributed by atoms with Crippen molar-refractivity contribution in [2.45, 2.75) is 49.2 Å². The van der Waals surface area contributed by atoms with E-state index in [-0.39, 0.29) is 7.74 Å². The molecule has 0 N–H and O–H groups in total. The van der Waals surface area contributed by atoms with Gasteiger partial charge in [0.15, 0.2) is 0 Å². The van der Waals surface area contributed by atoms with E-state index < -0.39 is 48.3 Å². The number of nitrogens with zero attached hydrogens (tertiary/aromatic N) is 2. The Labute approximate surface area is 253 Å². The molecule has 2 nitrogen and oxygen atoms in total. The summed E-state index contributed by atoms with van der Waals surface area (Å²) in [7, 11) is 0. The molecule has 0 unspecified atom stereocenters. The molecule has 2 aromatic heterocycles. The quantitative estimate of drug-likeness (QED) is 0.140. The number of halogens is 4. The first-order valence-corrected chi connectivity index (χ1v) is 17.9. The van der Waals surface area contributed by atoms with Crippen molar-refractivity contribution in [2.24, 2.45) is 0 Å². The van der Waals surface area contributed by atoms with E-state index in [0.29, 0.717) is 24.2 Å². The van der Waals surface area contributed by atoms with E-state index in [2.05, 4.69) is 0 Å². The van der Waals surface area contributed by atoms with E-state index in [0.717, 1.165) is 22.8 Å². The zero-order valence-corrected chi connectivity index (χ0v) is 26.3. The summed E-state index contributed by atoms with van der Waals surface area (Å²) in [5.41, 5.74) is 4.83. The Morgan fingerprint density at radius 1 is 0.512 bits per heavy atom. The predicted octanol–water partition coefficient (Wildman–Crippen LogP) is 8.11. The molecular weight excluding hydrogens is 584 g/mol. The predicted molar refractivity (Wildman–Crippen MR) is 162 cm³/mol. The van der Waals surface area contributed by atoms with Gasteiger partial charge in [0, 0.05) is 0 Å². The van der Waals surface area contributed by atoms with Crippen molar-refractivity contribution in [2.75, 3.05) is 0 Å². The summed E-state index contributed by atoms with van der Waals surface area (Å²) in [5.74, 6) is -3.00. The van der Waals surface area contributed by atoms with Gasteiger partial charge in [-0.1, -0.05) is 0 Å². The van der Waals surface area contributed by atoms with Crippen LogP contribution in [0, 0.1) is 51.0 Å². The Balaban J connectivity index is 1.56. The van der Waals surface area contributed by atoms with Crippen LogP contribution in [0.3, 0.4) is 0 Å². The van der Waals surface area contributed by atoms with Crippen molar-refractivity contribution < 1.29 is 34.2 Å². The first-order valence-electron chi connectivity index (χ1n) is 14.5. The van der Waals surface area contributed by atoms with Gasteiger partial charge in [0.05, 0.1) is 0 Å². The fraction of sp³-hybridized carbons (Fsp3) is 0.222. The molecule has 2 aliphatic carbocycles. The van der Waals surface area contributed by atoms with Gasteiger partial charge in [-0.25, -0.2) is 0 Å². The van der Waals surface area contributed by atoms with Crippen LogP contribution in [-0.2, 0) is 29.7 Å². The van der Waals surface area contributed by atoms with Gasteiger partial charge in [0.1, 0.15) is 0 Å². The van der Waals surface area contributed by atoms with Crippen LogP contribution in [0.1, 0.15) is 33.9 Å². The van der Waals surface area contributed by atoms with E-state index in [1.165, 1.54) is 24.3 Å². The Morgan fingerprint density at radius 3 is 1.07 bits per heavy atom. The third-order valence-electron chi connectivity index (χ3n) is 9.09. The Morgan fingerprint density at radius 2 is 0.791 bits per heavy atom. The second-order valence-electron chi connectivity index (χ2n) is 11.7. The molecule has 7 heteroatoms. The SMILES string of the molecule is Cc1ccc(C)n1Cc1cc(F)[c]([Ti]([c]2c(F)cc(Cn3c(C)ccc3C)cc2F)([CH]2C=CC=C2)[CH]2C=CC=C2)c(F)c1. The molecule has 220 valence electrons. The van der Waals surface area contributed by atoms with Gasteiger partial charge in [-0.3, -0.25) is 0 Å². The molecule has 0 atom stereocenters. The van der Waals surface area contributed by atoms with Gasteiger partial charge in [-0.15, -0.1) is 0 Å². The summed E-state index contributed by atoms with van der Waals surface area (Å²) in [4.78, 5) is 0. The average Bonchev–Trinajstić information content (AvgIpc) is 3.77. The van der Waals surface area contributed by atoms with E-state index in [4.69, 9.17) is 0 Å². The Bertz CT molecular complexity index is 1590. The average molecular weight is 619 g/mol. The third kappa shape index (κ3) is 5.05. The molecule has 0 aliphatic heterocycles. The molecule has 0 saturated heterocycles. The molecule has 0 radical (unpaired) electrons. The standard InChI is InChI=1S/2C13H12F2N.2C5H5.Ti/c2*1-9-3-4-10(2)16(9)8-11-5-12(14)7-13(15)6-11;2*1-2-4-5-3-1;/h2*3-6H,8H2,1-2H3;2*1-5H;. The summed E-state index contributed by atoms with van der Waals surface area (Å²) in [6.07, 6.45) is 14.6. The van der Waals surface area contributed by atoms with E-state index >= 15 is 17.6 Å². The minimum atomic E-state index is -4.74. The molecule has 0 bridgehead atoms. The zero-order chi connectivity index (χ0) is 30.5. The molecule has 0 saturated carbocycles. The van der Waals surface area contributed by atoms with Gasteiger partial charge in [0.25, 0.3) is 0 Å². The second kappa shape index (κ2) is 11.5. The van der Waals surface area contributed by atoms with E-state index in [9.17, 15) is 0 Å². The zero-order valence-electron chi connectivity index (χ0n) is 24.7. The van der Waals surface area contributed by atoms with Crippen LogP contribution in [0.5, 0.6) is 0 Å². The van der Waals surface area contributed by atoms with Crippen molar-refractivity contribution in [3.63, 3.8) is 0 Å². The van der Waals surface area contributed by atoms with Crippen molar-refractivity contribution in [3.05, 3.63) is 154 Å². The van der Waals surface area contributed by atoms with Gasteiger partial charge in [-0.2, -0.15) is 0 Å². The molecule has 2 heterocycles. The molecule has 0 amide bonds. The molecule has 0 fully saturated rings. The number of allylic oxidation sites excluding steroid dienone is 8. The van der Waals surface area contributed by atoms with Gasteiger partial charge in [-0.05, 0) is 0 Å². The molecule has 0 spiro atoms. The molecular formula is C36H34F4N2Ti. The number of hydrogen-bond acceptors (Lipinski definition) is 0. The summed E-state index contributed by atoms with van der Waals surface area (Å²) in [6, 6.07) is 13.2. The maximum atomic E-state index is 16.6. The van der Waals surface area contributed by atoms with Crippen LogP contribution >= 0.6 is 0 Å². The molecule has 4 aromatic rings. The van der Waals surface area contributed by atoms with E-state index in [1.807, 2.05) is 85.4 Å². The van der Waals surface area contributed by atoms with Gasteiger partial charge >= 0.3 is 255 Å². The van der Waals surface area contributed by atoms with Crippen molar-refractivity contribution in [3.8, 4) is 0 Å². The summed E-state index contributed by atoms with van der Waals surface area (Å²) < 4.78 is 68.9. The number of rotatable bonds is 8. The molecule has 2 aromatic carbocycles. The number of benzene rings is 2. The van der Waals surface area contributed by atoms with Crippen LogP contribution in [0.25, 0.3) is 0 Å². The van der Waals surface area contributed by atoms with Crippen molar-refractivity contribution in [1.29, 1.82) is 0 Å². The number of aromatic nitrogens is 2. The molecule has 43 heavy (non-hydrogen) atoms. The first kappa shape index (κ1) is 29.5. The fourth-order valence-corrected chi connectivity index (χ4v) is 15.6. The monoisotopic (exact) mass is 618 g/mol. The van der Waals surface area contributed by atoms with Gasteiger partial charge < -0.3 is 0 Å². The first-order chi connectivity index (χ1) is 20.6. The summed E-state index contributed by atoms with van der Waals surface area (Å²) in [5, 5.41) is 0. The van der Waals surface area contributed by atoms with Crippen molar-refractivity contribution in [1.82, 2.24) is 9.13 Å². The third-order valence-corrected chi connectivity index (χ3v) is 17.7. The Hall–Kier alpha value is -3.61. The number of hydrogen-bond donors (Lipinski definition) is 0. The van der Waals surface area contributed by atoms with Crippen LogP contribution in [0.2, 0.25) is 8.45 Å². The van der Waals surface area contributed by atoms with Crippen LogP contribution in [0.4, 0.5) is 17.6 Å². The van der Waals surface area contributed by atoms with Crippen LogP contribution in [0.15, 0.2) is 97.1 Å². The topological polar surface area (TPSA) is 9.86 Å². The van der Waals surface area contributed by atoms with E-state index in [1.54, 1.807) is 24.3 Å². The normalized spacial score (nSPS) is 15.1. The summed E-state index contributed by atoms with van der Waals surface area (Å²) >= 11 is -4.74. The Kier molecular flexibility index (Phi) is 7.86. The molecule has 6 rings (SSSR count). The number of aryl methyl sites for hydroxylation is 4. The molecule has 2 aliphatic rings. The maximum absolute atomic E-state index is 16.6. The van der Waals surface area contributed by atoms with Gasteiger partial charge in [0.2, 0.25) is 0 Å². The second-order valence-corrected chi connectivity index (χ2v) is 18.1.